The average Bonchev–Trinajstić information content (AvgIpc) is 2.88. The van der Waals surface area contributed by atoms with Crippen LogP contribution in [-0.4, -0.2) is 24.4 Å². The number of hydrogen-bond donors (Lipinski definition) is 2. The van der Waals surface area contributed by atoms with Gasteiger partial charge in [-0.1, -0.05) is 54.2 Å². The van der Waals surface area contributed by atoms with Gasteiger partial charge in [0.05, 0.1) is 17.9 Å². The summed E-state index contributed by atoms with van der Waals surface area (Å²) in [5.74, 6) is -0.159. The number of fused-ring (bicyclic) bond motifs is 1. The van der Waals surface area contributed by atoms with Gasteiger partial charge in [-0.25, -0.2) is 0 Å². The van der Waals surface area contributed by atoms with Gasteiger partial charge in [-0.3, -0.25) is 9.59 Å². The van der Waals surface area contributed by atoms with Crippen molar-refractivity contribution in [2.45, 2.75) is 29.2 Å². The smallest absolute Gasteiger partial charge is 0.246 e. The first-order valence-corrected chi connectivity index (χ1v) is 10.7. The SMILES string of the molecule is CC1CC(=O)Nc2ccccc2N1C(=O)CNc1ccccc1Sc1ccccc1. The van der Waals surface area contributed by atoms with E-state index in [9.17, 15) is 9.59 Å². The van der Waals surface area contributed by atoms with Crippen molar-refractivity contribution in [2.24, 2.45) is 0 Å². The molecule has 0 saturated heterocycles. The van der Waals surface area contributed by atoms with Crippen molar-refractivity contribution in [3.8, 4) is 0 Å². The highest BCUT2D eigenvalue weighted by atomic mass is 32.2. The molecule has 0 radical (unpaired) electrons. The Morgan fingerprint density at radius 2 is 1.73 bits per heavy atom. The van der Waals surface area contributed by atoms with Crippen LogP contribution in [0.4, 0.5) is 17.1 Å². The minimum Gasteiger partial charge on any atom is -0.375 e. The zero-order chi connectivity index (χ0) is 20.9. The van der Waals surface area contributed by atoms with Crippen LogP contribution >= 0.6 is 11.8 Å². The van der Waals surface area contributed by atoms with Gasteiger partial charge >= 0.3 is 0 Å². The molecule has 6 heteroatoms. The van der Waals surface area contributed by atoms with Crippen LogP contribution in [0.1, 0.15) is 13.3 Å². The standard InChI is InChI=1S/C24H23N3O2S/c1-17-15-23(28)26-19-11-5-7-13-21(19)27(17)24(29)16-25-20-12-6-8-14-22(20)30-18-9-3-2-4-10-18/h2-14,17,25H,15-16H2,1H3,(H,26,28). The molecule has 30 heavy (non-hydrogen) atoms. The molecule has 0 aliphatic carbocycles. The molecule has 3 aromatic rings. The number of carbonyl (C=O) groups is 2. The first-order chi connectivity index (χ1) is 14.6. The van der Waals surface area contributed by atoms with Crippen molar-refractivity contribution >= 4 is 40.6 Å². The van der Waals surface area contributed by atoms with Gasteiger partial charge in [0.25, 0.3) is 0 Å². The third-order valence-corrected chi connectivity index (χ3v) is 6.00. The molecule has 1 atom stereocenters. The highest BCUT2D eigenvalue weighted by Crippen LogP contribution is 2.34. The molecule has 5 nitrogen and oxygen atoms in total. The van der Waals surface area contributed by atoms with Crippen molar-refractivity contribution in [1.82, 2.24) is 0 Å². The van der Waals surface area contributed by atoms with Crippen molar-refractivity contribution in [1.29, 1.82) is 0 Å². The van der Waals surface area contributed by atoms with Crippen molar-refractivity contribution in [3.63, 3.8) is 0 Å². The molecule has 2 N–H and O–H groups in total. The molecule has 3 aromatic carbocycles. The minimum absolute atomic E-state index is 0.0778. The maximum atomic E-state index is 13.2. The van der Waals surface area contributed by atoms with Crippen LogP contribution in [-0.2, 0) is 9.59 Å². The van der Waals surface area contributed by atoms with Crippen molar-refractivity contribution in [3.05, 3.63) is 78.9 Å². The number of hydrogen-bond acceptors (Lipinski definition) is 4. The van der Waals surface area contributed by atoms with E-state index in [1.54, 1.807) is 16.7 Å². The topological polar surface area (TPSA) is 61.4 Å². The van der Waals surface area contributed by atoms with Crippen LogP contribution < -0.4 is 15.5 Å². The second-order valence-corrected chi connectivity index (χ2v) is 8.26. The highest BCUT2D eigenvalue weighted by molar-refractivity contribution is 7.99. The number of benzene rings is 3. The van der Waals surface area contributed by atoms with Gasteiger partial charge in [-0.05, 0) is 43.3 Å². The van der Waals surface area contributed by atoms with Crippen LogP contribution in [0.5, 0.6) is 0 Å². The van der Waals surface area contributed by atoms with E-state index in [2.05, 4.69) is 22.8 Å². The first-order valence-electron chi connectivity index (χ1n) is 9.88. The van der Waals surface area contributed by atoms with E-state index in [-0.39, 0.29) is 30.8 Å². The van der Waals surface area contributed by atoms with Gasteiger partial charge in [-0.2, -0.15) is 0 Å². The Hall–Kier alpha value is -3.25. The number of para-hydroxylation sites is 3. The molecule has 0 fully saturated rings. The van der Waals surface area contributed by atoms with Gasteiger partial charge in [0.2, 0.25) is 11.8 Å². The summed E-state index contributed by atoms with van der Waals surface area (Å²) in [6.07, 6.45) is 0.265. The molecule has 1 aliphatic rings. The molecule has 4 rings (SSSR count). The van der Waals surface area contributed by atoms with Crippen LogP contribution in [0.3, 0.4) is 0 Å². The van der Waals surface area contributed by atoms with Gasteiger partial charge in [-0.15, -0.1) is 0 Å². The molecule has 2 amide bonds. The van der Waals surface area contributed by atoms with Crippen LogP contribution in [0, 0.1) is 0 Å². The fourth-order valence-electron chi connectivity index (χ4n) is 3.54. The summed E-state index contributed by atoms with van der Waals surface area (Å²) in [7, 11) is 0. The molecule has 0 spiro atoms. The number of rotatable bonds is 5. The quantitative estimate of drug-likeness (QED) is 0.612. The number of amides is 2. The third kappa shape index (κ3) is 4.49. The van der Waals surface area contributed by atoms with Crippen molar-refractivity contribution in [2.75, 3.05) is 22.1 Å². The highest BCUT2D eigenvalue weighted by Gasteiger charge is 2.29. The average molecular weight is 418 g/mol. The Balaban J connectivity index is 1.52. The zero-order valence-corrected chi connectivity index (χ0v) is 17.5. The summed E-state index contributed by atoms with van der Waals surface area (Å²) in [6.45, 7) is 2.04. The lowest BCUT2D eigenvalue weighted by Gasteiger charge is -2.28. The van der Waals surface area contributed by atoms with Gasteiger partial charge in [0.15, 0.2) is 0 Å². The lowest BCUT2D eigenvalue weighted by atomic mass is 10.1. The van der Waals surface area contributed by atoms with E-state index >= 15 is 0 Å². The van der Waals surface area contributed by atoms with Crippen molar-refractivity contribution < 1.29 is 9.59 Å². The molecule has 0 aromatic heterocycles. The lowest BCUT2D eigenvalue weighted by molar-refractivity contribution is -0.118. The second kappa shape index (κ2) is 9.05. The summed E-state index contributed by atoms with van der Waals surface area (Å²) in [4.78, 5) is 29.3. The number of carbonyl (C=O) groups excluding carboxylic acids is 2. The fourth-order valence-corrected chi connectivity index (χ4v) is 4.48. The molecule has 152 valence electrons. The number of nitrogens with one attached hydrogen (secondary N) is 2. The van der Waals surface area contributed by atoms with Crippen LogP contribution in [0.25, 0.3) is 0 Å². The predicted octanol–water partition coefficient (Wildman–Crippen LogP) is 5.01. The summed E-state index contributed by atoms with van der Waals surface area (Å²) in [5.41, 5.74) is 2.31. The van der Waals surface area contributed by atoms with Crippen LogP contribution in [0.2, 0.25) is 0 Å². The maximum Gasteiger partial charge on any atom is 0.246 e. The first kappa shape index (κ1) is 20.0. The normalized spacial score (nSPS) is 15.7. The molecule has 1 heterocycles. The molecular formula is C24H23N3O2S. The summed E-state index contributed by atoms with van der Waals surface area (Å²) in [6, 6.07) is 25.3. The summed E-state index contributed by atoms with van der Waals surface area (Å²) >= 11 is 1.65. The Morgan fingerprint density at radius 3 is 2.57 bits per heavy atom. The Bertz CT molecular complexity index is 1060. The molecular weight excluding hydrogens is 394 g/mol. The third-order valence-electron chi connectivity index (χ3n) is 4.92. The minimum atomic E-state index is -0.225. The second-order valence-electron chi connectivity index (χ2n) is 7.15. The van der Waals surface area contributed by atoms with Gasteiger partial charge < -0.3 is 15.5 Å². The van der Waals surface area contributed by atoms with E-state index in [0.29, 0.717) is 5.69 Å². The van der Waals surface area contributed by atoms with E-state index < -0.39 is 0 Å². The van der Waals surface area contributed by atoms with Crippen LogP contribution in [0.15, 0.2) is 88.7 Å². The van der Waals surface area contributed by atoms with E-state index in [4.69, 9.17) is 0 Å². The largest absolute Gasteiger partial charge is 0.375 e. The lowest BCUT2D eigenvalue weighted by Crippen LogP contribution is -2.42. The number of anilines is 3. The number of nitrogens with zero attached hydrogens (tertiary/aromatic N) is 1. The Morgan fingerprint density at radius 1 is 1.03 bits per heavy atom. The fraction of sp³-hybridized carbons (Fsp3) is 0.167. The van der Waals surface area contributed by atoms with Gasteiger partial charge in [0.1, 0.15) is 0 Å². The molecule has 1 aliphatic heterocycles. The summed E-state index contributed by atoms with van der Waals surface area (Å²) < 4.78 is 0. The monoisotopic (exact) mass is 417 g/mol. The van der Waals surface area contributed by atoms with Gasteiger partial charge in [0, 0.05) is 27.9 Å². The molecule has 0 bridgehead atoms. The maximum absolute atomic E-state index is 13.2. The van der Waals surface area contributed by atoms with E-state index in [0.717, 1.165) is 21.2 Å². The van der Waals surface area contributed by atoms with E-state index in [1.807, 2.05) is 73.7 Å². The zero-order valence-electron chi connectivity index (χ0n) is 16.7. The van der Waals surface area contributed by atoms with E-state index in [1.165, 1.54) is 0 Å². The summed E-state index contributed by atoms with van der Waals surface area (Å²) in [5, 5.41) is 6.19. The molecule has 0 saturated carbocycles. The Kier molecular flexibility index (Phi) is 6.05. The molecule has 1 unspecified atom stereocenters. The predicted molar refractivity (Wildman–Crippen MR) is 122 cm³/mol. The Labute approximate surface area is 180 Å².